The summed E-state index contributed by atoms with van der Waals surface area (Å²) in [5, 5.41) is 0. The fourth-order valence-corrected chi connectivity index (χ4v) is 8.68. The van der Waals surface area contributed by atoms with Crippen LogP contribution in [0.15, 0.2) is 89.8 Å². The summed E-state index contributed by atoms with van der Waals surface area (Å²) in [6.45, 7) is 2.77. The van der Waals surface area contributed by atoms with Gasteiger partial charge in [0.25, 0.3) is 11.8 Å². The van der Waals surface area contributed by atoms with E-state index in [-0.39, 0.29) is 17.7 Å². The van der Waals surface area contributed by atoms with Crippen molar-refractivity contribution in [2.24, 2.45) is 0 Å². The molecule has 0 radical (unpaired) electrons. The van der Waals surface area contributed by atoms with E-state index < -0.39 is 115 Å². The van der Waals surface area contributed by atoms with Crippen molar-refractivity contribution in [1.82, 2.24) is 4.90 Å². The predicted molar refractivity (Wildman–Crippen MR) is 204 cm³/mol. The molecule has 3 aromatic rings. The molecule has 0 aliphatic carbocycles. The molecule has 59 heavy (non-hydrogen) atoms. The van der Waals surface area contributed by atoms with Crippen LogP contribution in [0.2, 0.25) is 0 Å². The molecule has 2 amide bonds. The summed E-state index contributed by atoms with van der Waals surface area (Å²) >= 11 is 7.07. The Hall–Kier alpha value is -4.88. The number of hydrogen-bond acceptors (Lipinski definition) is 16. The van der Waals surface area contributed by atoms with Gasteiger partial charge >= 0.3 is 23.9 Å². The highest BCUT2D eigenvalue weighted by molar-refractivity contribution is 7.99. The summed E-state index contributed by atoms with van der Waals surface area (Å²) in [6.07, 6.45) is -12.3. The molecule has 0 saturated carbocycles. The van der Waals surface area contributed by atoms with Crippen molar-refractivity contribution in [1.29, 1.82) is 0 Å². The lowest BCUT2D eigenvalue weighted by atomic mass is 9.94. The zero-order valence-electron chi connectivity index (χ0n) is 31.9. The van der Waals surface area contributed by atoms with Crippen LogP contribution in [0.25, 0.3) is 0 Å². The van der Waals surface area contributed by atoms with Crippen LogP contribution in [0.3, 0.4) is 0 Å². The molecule has 3 aromatic carbocycles. The summed E-state index contributed by atoms with van der Waals surface area (Å²) in [4.78, 5) is 80.8. The Labute approximate surface area is 347 Å². The molecule has 0 aromatic heterocycles. The van der Waals surface area contributed by atoms with Gasteiger partial charge in [-0.1, -0.05) is 72.4 Å². The number of carbonyl (C=O) groups is 6. The lowest BCUT2D eigenvalue weighted by Gasteiger charge is -2.52. The second-order valence-corrected chi connectivity index (χ2v) is 15.3. The van der Waals surface area contributed by atoms with Gasteiger partial charge in [0.2, 0.25) is 0 Å². The molecule has 4 heterocycles. The number of carbonyl (C=O) groups excluding carboxylic acids is 6. The number of benzene rings is 3. The first-order valence-electron chi connectivity index (χ1n) is 18.6. The molecule has 18 heteroatoms. The Morgan fingerprint density at radius 1 is 0.729 bits per heavy atom. The molecule has 11 atom stereocenters. The highest BCUT2D eigenvalue weighted by atomic mass is 35.5. The molecule has 312 valence electrons. The van der Waals surface area contributed by atoms with E-state index in [9.17, 15) is 28.8 Å². The zero-order valence-corrected chi connectivity index (χ0v) is 33.5. The van der Waals surface area contributed by atoms with Crippen molar-refractivity contribution in [3.8, 4) is 0 Å². The molecule has 16 nitrogen and oxygen atoms in total. The Morgan fingerprint density at radius 3 is 1.95 bits per heavy atom. The third-order valence-electron chi connectivity index (χ3n) is 9.81. The van der Waals surface area contributed by atoms with E-state index in [1.165, 1.54) is 11.8 Å². The highest BCUT2D eigenvalue weighted by Crippen LogP contribution is 2.45. The molecule has 3 saturated heterocycles. The van der Waals surface area contributed by atoms with Crippen molar-refractivity contribution in [2.75, 3.05) is 19.1 Å². The molecule has 4 aliphatic rings. The van der Waals surface area contributed by atoms with Crippen LogP contribution in [-0.4, -0.2) is 120 Å². The van der Waals surface area contributed by atoms with Crippen molar-refractivity contribution in [2.45, 2.75) is 92.5 Å². The Kier molecular flexibility index (Phi) is 13.3. The van der Waals surface area contributed by atoms with Crippen LogP contribution in [0.1, 0.15) is 53.3 Å². The van der Waals surface area contributed by atoms with Crippen LogP contribution in [-0.2, 0) is 61.8 Å². The number of thioether (sulfide) groups is 1. The summed E-state index contributed by atoms with van der Waals surface area (Å²) in [7, 11) is 0. The van der Waals surface area contributed by atoms with Crippen molar-refractivity contribution >= 4 is 59.1 Å². The summed E-state index contributed by atoms with van der Waals surface area (Å²) < 4.78 is 55.0. The quantitative estimate of drug-likeness (QED) is 0.110. The Bertz CT molecular complexity index is 2010. The molecule has 0 unspecified atom stereocenters. The largest absolute Gasteiger partial charge is 0.463 e. The minimum atomic E-state index is -1.73. The fraction of sp³-hybridized carbons (Fsp3) is 0.415. The number of amides is 2. The minimum Gasteiger partial charge on any atom is -0.463 e. The van der Waals surface area contributed by atoms with Gasteiger partial charge in [-0.25, -0.2) is 0 Å². The topological polar surface area (TPSA) is 189 Å². The van der Waals surface area contributed by atoms with Gasteiger partial charge in [-0.3, -0.25) is 33.7 Å². The number of alkyl halides is 1. The van der Waals surface area contributed by atoms with E-state index >= 15 is 0 Å². The second kappa shape index (κ2) is 18.6. The van der Waals surface area contributed by atoms with Crippen molar-refractivity contribution in [3.05, 3.63) is 102 Å². The molecular formula is C41H40ClNO15S. The van der Waals surface area contributed by atoms with E-state index in [0.717, 1.165) is 30.6 Å². The number of hydrogen-bond donors (Lipinski definition) is 0. The molecule has 4 aliphatic heterocycles. The fourth-order valence-electron chi connectivity index (χ4n) is 7.42. The van der Waals surface area contributed by atoms with E-state index in [0.29, 0.717) is 5.56 Å². The van der Waals surface area contributed by atoms with Gasteiger partial charge in [-0.2, -0.15) is 0 Å². The van der Waals surface area contributed by atoms with Gasteiger partial charge in [-0.15, -0.1) is 11.6 Å². The van der Waals surface area contributed by atoms with Gasteiger partial charge in [0, 0.05) is 31.2 Å². The average Bonchev–Trinajstić information content (AvgIpc) is 3.47. The van der Waals surface area contributed by atoms with Crippen LogP contribution < -0.4 is 0 Å². The SMILES string of the molecule is CC(=O)OC[C@H]1O[C@@H](O[C@H]2[C@@H]3O[C@H](c4ccccc4)OC[C@H]3O[C@@H](Sc3ccccc3)[C@@H]2N2C(=O)c3ccccc3C2=O)[C@H](OC(C)=O)[C@@H](OC(=O)CCl)[C@H]1OC(C)=O. The number of ether oxygens (including phenoxy) is 9. The number of nitrogens with zero attached hydrogens (tertiary/aromatic N) is 1. The molecule has 3 fully saturated rings. The first-order valence-corrected chi connectivity index (χ1v) is 20.0. The smallest absolute Gasteiger partial charge is 0.321 e. The van der Waals surface area contributed by atoms with Crippen molar-refractivity contribution in [3.63, 3.8) is 0 Å². The molecule has 0 spiro atoms. The summed E-state index contributed by atoms with van der Waals surface area (Å²) in [5.41, 5.74) is -0.0737. The summed E-state index contributed by atoms with van der Waals surface area (Å²) in [5.74, 6) is -5.31. The summed E-state index contributed by atoms with van der Waals surface area (Å²) in [6, 6.07) is 23.2. The maximum absolute atomic E-state index is 14.4. The molecular weight excluding hydrogens is 814 g/mol. The average molecular weight is 854 g/mol. The van der Waals surface area contributed by atoms with Gasteiger partial charge in [0.15, 0.2) is 30.9 Å². The van der Waals surface area contributed by atoms with Gasteiger partial charge < -0.3 is 42.6 Å². The van der Waals surface area contributed by atoms with Crippen LogP contribution in [0, 0.1) is 0 Å². The van der Waals surface area contributed by atoms with Gasteiger partial charge in [-0.05, 0) is 24.3 Å². The Morgan fingerprint density at radius 2 is 1.34 bits per heavy atom. The third kappa shape index (κ3) is 9.31. The number of rotatable bonds is 12. The molecule has 0 N–H and O–H groups in total. The number of fused-ring (bicyclic) bond motifs is 2. The standard InChI is InChI=1S/C41H40ClNO15S/c1-21(44)50-19-28-33(52-22(2)45)35(56-30(47)18-42)36(53-23(3)46)40(54-28)58-34-31(43-37(48)26-16-10-11-17-27(26)38(43)49)41(59-25-14-8-5-9-15-25)55-29-20-51-39(57-32(29)34)24-12-6-4-7-13-24/h4-17,28-29,31-36,39-41H,18-20H2,1-3H3/t28-,29-,31-,32-,33+,34-,35+,36-,39-,40+,41+/m1/s1. The first kappa shape index (κ1) is 42.3. The lowest BCUT2D eigenvalue weighted by molar-refractivity contribution is -0.360. The molecule has 7 rings (SSSR count). The van der Waals surface area contributed by atoms with E-state index in [1.807, 2.05) is 36.4 Å². The van der Waals surface area contributed by atoms with E-state index in [4.69, 9.17) is 54.2 Å². The third-order valence-corrected chi connectivity index (χ3v) is 11.2. The van der Waals surface area contributed by atoms with Gasteiger partial charge in [0.1, 0.15) is 48.4 Å². The first-order chi connectivity index (χ1) is 28.4. The Balaban J connectivity index is 1.36. The zero-order chi connectivity index (χ0) is 41.8. The predicted octanol–water partition coefficient (Wildman–Crippen LogP) is 3.97. The van der Waals surface area contributed by atoms with Crippen molar-refractivity contribution < 1.29 is 71.4 Å². The maximum Gasteiger partial charge on any atom is 0.321 e. The van der Waals surface area contributed by atoms with Crippen LogP contribution >= 0.6 is 23.4 Å². The monoisotopic (exact) mass is 853 g/mol. The van der Waals surface area contributed by atoms with E-state index in [2.05, 4.69) is 0 Å². The maximum atomic E-state index is 14.4. The van der Waals surface area contributed by atoms with Crippen LogP contribution in [0.4, 0.5) is 0 Å². The minimum absolute atomic E-state index is 0.0246. The highest BCUT2D eigenvalue weighted by Gasteiger charge is 2.60. The number of esters is 4. The van der Waals surface area contributed by atoms with Crippen LogP contribution in [0.5, 0.6) is 0 Å². The number of imide groups is 1. The number of halogens is 1. The lowest BCUT2D eigenvalue weighted by Crippen LogP contribution is -2.70. The van der Waals surface area contributed by atoms with Gasteiger partial charge in [0.05, 0.1) is 17.7 Å². The molecule has 0 bridgehead atoms. The second-order valence-electron chi connectivity index (χ2n) is 13.8. The van der Waals surface area contributed by atoms with E-state index in [1.54, 1.807) is 48.5 Å². The normalized spacial score (nSPS) is 30.1.